The molecule has 164 valence electrons. The number of carboxylic acid groups (broad SMARTS) is 1. The van der Waals surface area contributed by atoms with E-state index in [1.807, 2.05) is 29.6 Å². The topological polar surface area (TPSA) is 98.2 Å². The molecule has 0 amide bonds. The van der Waals surface area contributed by atoms with Gasteiger partial charge < -0.3 is 15.4 Å². The number of aliphatic carboxylic acids is 1. The van der Waals surface area contributed by atoms with Crippen molar-refractivity contribution in [1.29, 1.82) is 0 Å². The molecule has 3 rings (SSSR count). The maximum atomic E-state index is 11.8. The number of nitrogens with zero attached hydrogens (tertiary/aromatic N) is 2. The Labute approximate surface area is 187 Å². The lowest BCUT2D eigenvalue weighted by Crippen LogP contribution is -2.09. The molecule has 3 N–H and O–H groups in total. The Kier molecular flexibility index (Phi) is 9.87. The van der Waals surface area contributed by atoms with E-state index in [0.717, 1.165) is 47.5 Å². The molecule has 0 bridgehead atoms. The fraction of sp³-hybridized carbons (Fsp3) is 0.292. The van der Waals surface area contributed by atoms with Gasteiger partial charge in [-0.2, -0.15) is 0 Å². The highest BCUT2D eigenvalue weighted by atomic mass is 32.1. The standard InChI is InChI=1S/C23H24N2O3S.CH5N/c1-2-3-6-22-24-14-20(12-19(23(27)28)13-21-5-4-11-29-21)25(22)15-17-7-9-18(16-26)10-8-17;1-2/h4-5,7-12,14,16H,2-3,6,13,15H2,1H3,(H,27,28);2H2,1H3/b19-12+;. The SMILES string of the molecule is CCCCc1ncc(/C=C(\Cc2cccs2)C(=O)O)n1Cc1ccc(C=O)cc1.CN. The van der Waals surface area contributed by atoms with Crippen LogP contribution in [0.15, 0.2) is 53.5 Å². The van der Waals surface area contributed by atoms with E-state index in [0.29, 0.717) is 24.1 Å². The summed E-state index contributed by atoms with van der Waals surface area (Å²) in [4.78, 5) is 28.3. The Hall–Kier alpha value is -3.03. The number of hydrogen-bond donors (Lipinski definition) is 2. The highest BCUT2D eigenvalue weighted by Gasteiger charge is 2.14. The molecule has 0 aliphatic heterocycles. The van der Waals surface area contributed by atoms with Crippen molar-refractivity contribution < 1.29 is 14.7 Å². The van der Waals surface area contributed by atoms with E-state index in [-0.39, 0.29) is 0 Å². The number of imidazole rings is 1. The minimum Gasteiger partial charge on any atom is -0.478 e. The summed E-state index contributed by atoms with van der Waals surface area (Å²) in [6.45, 7) is 2.71. The Morgan fingerprint density at radius 1 is 1.23 bits per heavy atom. The predicted molar refractivity (Wildman–Crippen MR) is 126 cm³/mol. The molecule has 1 aromatic carbocycles. The Balaban J connectivity index is 0.00000166. The summed E-state index contributed by atoms with van der Waals surface area (Å²) in [7, 11) is 1.50. The van der Waals surface area contributed by atoms with Gasteiger partial charge in [0.1, 0.15) is 12.1 Å². The number of carbonyl (C=O) groups is 2. The van der Waals surface area contributed by atoms with Crippen LogP contribution in [0.1, 0.15) is 52.1 Å². The number of aldehydes is 1. The van der Waals surface area contributed by atoms with Crippen LogP contribution < -0.4 is 5.73 Å². The number of aryl methyl sites for hydroxylation is 1. The van der Waals surface area contributed by atoms with Gasteiger partial charge in [-0.25, -0.2) is 9.78 Å². The van der Waals surface area contributed by atoms with Crippen LogP contribution in [-0.4, -0.2) is 34.0 Å². The first kappa shape index (κ1) is 24.2. The molecule has 31 heavy (non-hydrogen) atoms. The van der Waals surface area contributed by atoms with Gasteiger partial charge in [0.25, 0.3) is 0 Å². The molecule has 0 saturated carbocycles. The van der Waals surface area contributed by atoms with Crippen molar-refractivity contribution in [2.45, 2.75) is 39.2 Å². The lowest BCUT2D eigenvalue weighted by Gasteiger charge is -2.11. The number of unbranched alkanes of at least 4 members (excludes halogenated alkanes) is 1. The molecule has 2 aromatic heterocycles. The zero-order valence-electron chi connectivity index (χ0n) is 18.0. The summed E-state index contributed by atoms with van der Waals surface area (Å²) in [5, 5.41) is 11.6. The molecule has 0 fully saturated rings. The second-order valence-corrected chi connectivity index (χ2v) is 7.91. The smallest absolute Gasteiger partial charge is 0.332 e. The maximum absolute atomic E-state index is 11.8. The molecule has 2 heterocycles. The van der Waals surface area contributed by atoms with Crippen LogP contribution in [-0.2, 0) is 24.2 Å². The summed E-state index contributed by atoms with van der Waals surface area (Å²) in [5.74, 6) is 0.0232. The van der Waals surface area contributed by atoms with Crippen LogP contribution in [0.3, 0.4) is 0 Å². The molecule has 0 aliphatic carbocycles. The second kappa shape index (κ2) is 12.6. The Bertz CT molecular complexity index is 990. The third-order valence-electron chi connectivity index (χ3n) is 4.72. The van der Waals surface area contributed by atoms with Crippen LogP contribution in [0.5, 0.6) is 0 Å². The Morgan fingerprint density at radius 3 is 2.55 bits per heavy atom. The van der Waals surface area contributed by atoms with Gasteiger partial charge in [0.2, 0.25) is 0 Å². The molecular weight excluding hydrogens is 410 g/mol. The first-order valence-electron chi connectivity index (χ1n) is 10.2. The summed E-state index contributed by atoms with van der Waals surface area (Å²) in [5.41, 5.74) is 7.29. The Morgan fingerprint density at radius 2 is 1.97 bits per heavy atom. The quantitative estimate of drug-likeness (QED) is 0.360. The minimum absolute atomic E-state index is 0.340. The molecule has 3 aromatic rings. The number of thiophene rings is 1. The number of aromatic nitrogens is 2. The average molecular weight is 440 g/mol. The normalized spacial score (nSPS) is 11.0. The fourth-order valence-corrected chi connectivity index (χ4v) is 3.84. The van der Waals surface area contributed by atoms with Gasteiger partial charge in [-0.1, -0.05) is 43.7 Å². The first-order valence-corrected chi connectivity index (χ1v) is 11.1. The number of nitrogens with two attached hydrogens (primary N) is 1. The zero-order valence-corrected chi connectivity index (χ0v) is 18.8. The highest BCUT2D eigenvalue weighted by molar-refractivity contribution is 7.09. The third kappa shape index (κ3) is 7.01. The van der Waals surface area contributed by atoms with E-state index in [4.69, 9.17) is 0 Å². The van der Waals surface area contributed by atoms with Gasteiger partial charge in [-0.15, -0.1) is 11.3 Å². The predicted octanol–water partition coefficient (Wildman–Crippen LogP) is 4.43. The van der Waals surface area contributed by atoms with E-state index in [1.165, 1.54) is 7.05 Å². The summed E-state index contributed by atoms with van der Waals surface area (Å²) < 4.78 is 2.07. The van der Waals surface area contributed by atoms with Gasteiger partial charge in [-0.05, 0) is 36.6 Å². The summed E-state index contributed by atoms with van der Waals surface area (Å²) in [6.07, 6.45) is 7.61. The second-order valence-electron chi connectivity index (χ2n) is 6.88. The van der Waals surface area contributed by atoms with Crippen LogP contribution in [0.25, 0.3) is 6.08 Å². The van der Waals surface area contributed by atoms with Gasteiger partial charge in [0.15, 0.2) is 0 Å². The van der Waals surface area contributed by atoms with E-state index < -0.39 is 5.97 Å². The van der Waals surface area contributed by atoms with Crippen LogP contribution in [0.2, 0.25) is 0 Å². The highest BCUT2D eigenvalue weighted by Crippen LogP contribution is 2.20. The van der Waals surface area contributed by atoms with Crippen molar-refractivity contribution in [1.82, 2.24) is 9.55 Å². The lowest BCUT2D eigenvalue weighted by molar-refractivity contribution is -0.132. The van der Waals surface area contributed by atoms with E-state index in [9.17, 15) is 14.7 Å². The van der Waals surface area contributed by atoms with Gasteiger partial charge in [0.05, 0.1) is 11.9 Å². The van der Waals surface area contributed by atoms with Gasteiger partial charge in [-0.3, -0.25) is 4.79 Å². The van der Waals surface area contributed by atoms with Crippen LogP contribution in [0, 0.1) is 0 Å². The lowest BCUT2D eigenvalue weighted by atomic mass is 10.1. The van der Waals surface area contributed by atoms with Crippen molar-refractivity contribution in [3.63, 3.8) is 0 Å². The van der Waals surface area contributed by atoms with Crippen molar-refractivity contribution in [2.75, 3.05) is 7.05 Å². The van der Waals surface area contributed by atoms with Crippen LogP contribution in [0.4, 0.5) is 0 Å². The summed E-state index contributed by atoms with van der Waals surface area (Å²) >= 11 is 1.55. The molecule has 0 atom stereocenters. The van der Waals surface area contributed by atoms with Gasteiger partial charge in [0, 0.05) is 35.4 Å². The number of carbonyl (C=O) groups excluding carboxylic acids is 1. The van der Waals surface area contributed by atoms with Crippen molar-refractivity contribution in [3.8, 4) is 0 Å². The number of hydrogen-bond acceptors (Lipinski definition) is 5. The molecule has 7 heteroatoms. The molecular formula is C24H29N3O3S. The molecule has 6 nitrogen and oxygen atoms in total. The molecule has 0 spiro atoms. The monoisotopic (exact) mass is 439 g/mol. The zero-order chi connectivity index (χ0) is 22.6. The number of carboxylic acids is 1. The number of rotatable bonds is 10. The maximum Gasteiger partial charge on any atom is 0.332 e. The first-order chi connectivity index (χ1) is 15.1. The average Bonchev–Trinajstić information content (AvgIpc) is 3.44. The van der Waals surface area contributed by atoms with E-state index in [1.54, 1.807) is 35.7 Å². The molecule has 0 saturated heterocycles. The van der Waals surface area contributed by atoms with Gasteiger partial charge >= 0.3 is 5.97 Å². The summed E-state index contributed by atoms with van der Waals surface area (Å²) in [6, 6.07) is 11.3. The third-order valence-corrected chi connectivity index (χ3v) is 5.60. The minimum atomic E-state index is -0.920. The van der Waals surface area contributed by atoms with Crippen molar-refractivity contribution in [3.05, 3.63) is 81.1 Å². The van der Waals surface area contributed by atoms with Crippen molar-refractivity contribution in [2.24, 2.45) is 5.73 Å². The van der Waals surface area contributed by atoms with Crippen molar-refractivity contribution >= 4 is 29.7 Å². The molecule has 0 radical (unpaired) electrons. The molecule has 0 aliphatic rings. The van der Waals surface area contributed by atoms with E-state index in [2.05, 4.69) is 22.2 Å². The van der Waals surface area contributed by atoms with Crippen LogP contribution >= 0.6 is 11.3 Å². The number of benzene rings is 1. The largest absolute Gasteiger partial charge is 0.478 e. The fourth-order valence-electron chi connectivity index (χ4n) is 3.11. The van der Waals surface area contributed by atoms with E-state index >= 15 is 0 Å². The molecule has 0 unspecified atom stereocenters.